The van der Waals surface area contributed by atoms with E-state index in [1.165, 1.54) is 10.4 Å². The molecule has 0 saturated carbocycles. The third-order valence-electron chi connectivity index (χ3n) is 5.80. The van der Waals surface area contributed by atoms with Crippen molar-refractivity contribution in [3.8, 4) is 0 Å². The lowest BCUT2D eigenvalue weighted by Crippen LogP contribution is -2.45. The molecular formula is C28H32N2O2S. The van der Waals surface area contributed by atoms with Crippen LogP contribution in [0.3, 0.4) is 0 Å². The summed E-state index contributed by atoms with van der Waals surface area (Å²) in [5.41, 5.74) is 3.22. The van der Waals surface area contributed by atoms with E-state index in [1.54, 1.807) is 28.4 Å². The molecule has 0 bridgehead atoms. The van der Waals surface area contributed by atoms with Gasteiger partial charge in [0.25, 0.3) is 0 Å². The van der Waals surface area contributed by atoms with Gasteiger partial charge in [-0.2, -0.15) is 0 Å². The summed E-state index contributed by atoms with van der Waals surface area (Å²) in [5, 5.41) is 2.05. The molecule has 4 nitrogen and oxygen atoms in total. The lowest BCUT2D eigenvalue weighted by molar-refractivity contribution is -0.140. The zero-order valence-corrected chi connectivity index (χ0v) is 20.4. The van der Waals surface area contributed by atoms with Gasteiger partial charge in [0.2, 0.25) is 11.8 Å². The highest BCUT2D eigenvalue weighted by Gasteiger charge is 2.24. The fourth-order valence-electron chi connectivity index (χ4n) is 3.52. The normalized spacial score (nSPS) is 12.0. The fourth-order valence-corrected chi connectivity index (χ4v) is 4.44. The second-order valence-corrected chi connectivity index (χ2v) is 9.23. The van der Waals surface area contributed by atoms with Crippen LogP contribution in [0.15, 0.2) is 78.2 Å². The van der Waals surface area contributed by atoms with Crippen LogP contribution in [0, 0.1) is 6.92 Å². The van der Waals surface area contributed by atoms with Crippen molar-refractivity contribution in [1.29, 1.82) is 0 Å². The third-order valence-corrected chi connectivity index (χ3v) is 6.81. The van der Waals surface area contributed by atoms with Gasteiger partial charge in [-0.05, 0) is 54.5 Å². The van der Waals surface area contributed by atoms with Gasteiger partial charge in [-0.1, -0.05) is 67.6 Å². The Morgan fingerprint density at radius 3 is 2.24 bits per heavy atom. The van der Waals surface area contributed by atoms with Crippen LogP contribution in [0.5, 0.6) is 0 Å². The first-order valence-electron chi connectivity index (χ1n) is 11.4. The van der Waals surface area contributed by atoms with Crippen molar-refractivity contribution in [3.63, 3.8) is 0 Å². The molecule has 0 unspecified atom stereocenters. The Balaban J connectivity index is 1.78. The summed E-state index contributed by atoms with van der Waals surface area (Å²) >= 11 is 1.66. The predicted octanol–water partition coefficient (Wildman–Crippen LogP) is 5.93. The molecular weight excluding hydrogens is 428 g/mol. The van der Waals surface area contributed by atoms with Crippen LogP contribution >= 0.6 is 11.3 Å². The van der Waals surface area contributed by atoms with E-state index in [2.05, 4.69) is 18.4 Å². The number of carbonyl (C=O) groups is 2. The van der Waals surface area contributed by atoms with Crippen molar-refractivity contribution < 1.29 is 9.59 Å². The van der Waals surface area contributed by atoms with Crippen molar-refractivity contribution in [1.82, 2.24) is 9.80 Å². The largest absolute Gasteiger partial charge is 0.332 e. The second-order valence-electron chi connectivity index (χ2n) is 8.23. The van der Waals surface area contributed by atoms with Crippen LogP contribution in [-0.2, 0) is 22.7 Å². The predicted molar refractivity (Wildman–Crippen MR) is 137 cm³/mol. The van der Waals surface area contributed by atoms with E-state index in [4.69, 9.17) is 0 Å². The zero-order valence-electron chi connectivity index (χ0n) is 19.6. The lowest BCUT2D eigenvalue weighted by atomic mass is 10.1. The van der Waals surface area contributed by atoms with E-state index >= 15 is 0 Å². The van der Waals surface area contributed by atoms with Gasteiger partial charge < -0.3 is 9.80 Å². The van der Waals surface area contributed by atoms with E-state index in [1.807, 2.05) is 79.4 Å². The molecule has 2 amide bonds. The quantitative estimate of drug-likeness (QED) is 0.352. The molecule has 0 fully saturated rings. The molecule has 0 spiro atoms. The Kier molecular flexibility index (Phi) is 9.02. The van der Waals surface area contributed by atoms with Gasteiger partial charge >= 0.3 is 0 Å². The molecule has 0 aliphatic rings. The summed E-state index contributed by atoms with van der Waals surface area (Å²) in [7, 11) is 0. The molecule has 1 atom stereocenters. The summed E-state index contributed by atoms with van der Waals surface area (Å²) in [4.78, 5) is 31.3. The fraction of sp³-hybridized carbons (Fsp3) is 0.286. The number of rotatable bonds is 10. The van der Waals surface area contributed by atoms with Gasteiger partial charge in [-0.25, -0.2) is 0 Å². The average molecular weight is 461 g/mol. The number of carbonyl (C=O) groups excluding carboxylic acids is 2. The van der Waals surface area contributed by atoms with Crippen LogP contribution in [0.2, 0.25) is 0 Å². The minimum atomic E-state index is -0.145. The van der Waals surface area contributed by atoms with E-state index in [-0.39, 0.29) is 24.4 Å². The lowest BCUT2D eigenvalue weighted by Gasteiger charge is -2.30. The highest BCUT2D eigenvalue weighted by molar-refractivity contribution is 7.10. The Morgan fingerprint density at radius 1 is 0.970 bits per heavy atom. The summed E-state index contributed by atoms with van der Waals surface area (Å²) in [6.07, 6.45) is 4.15. The minimum Gasteiger partial charge on any atom is -0.332 e. The molecule has 1 heterocycles. The Labute approximate surface area is 201 Å². The molecule has 0 aliphatic heterocycles. The zero-order chi connectivity index (χ0) is 23.6. The SMILES string of the molecule is CC[C@H](C)N(CC(=O)N(Cc1ccccc1)Cc1sccc1C)C(=O)/C=C/c1ccccc1. The minimum absolute atomic E-state index is 0.0380. The number of hydrogen-bond donors (Lipinski definition) is 0. The molecule has 3 aromatic rings. The molecule has 0 N–H and O–H groups in total. The molecule has 0 saturated heterocycles. The van der Waals surface area contributed by atoms with Gasteiger partial charge in [-0.3, -0.25) is 9.59 Å². The van der Waals surface area contributed by atoms with Crippen molar-refractivity contribution >= 4 is 29.2 Å². The van der Waals surface area contributed by atoms with Crippen LogP contribution < -0.4 is 0 Å². The standard InChI is InChI=1S/C28H32N2O2S/c1-4-23(3)30(27(31)16-15-24-11-7-5-8-12-24)21-28(32)29(19-25-13-9-6-10-14-25)20-26-22(2)17-18-33-26/h5-18,23H,4,19-21H2,1-3H3/b16-15+/t23-/m0/s1. The topological polar surface area (TPSA) is 40.6 Å². The highest BCUT2D eigenvalue weighted by atomic mass is 32.1. The Hall–Kier alpha value is -3.18. The molecule has 172 valence electrons. The van der Waals surface area contributed by atoms with Crippen molar-refractivity contribution in [2.24, 2.45) is 0 Å². The first kappa shape index (κ1) is 24.5. The summed E-state index contributed by atoms with van der Waals surface area (Å²) < 4.78 is 0. The summed E-state index contributed by atoms with van der Waals surface area (Å²) in [5.74, 6) is -0.193. The first-order valence-corrected chi connectivity index (χ1v) is 12.2. The van der Waals surface area contributed by atoms with Crippen LogP contribution in [0.4, 0.5) is 0 Å². The van der Waals surface area contributed by atoms with E-state index < -0.39 is 0 Å². The Morgan fingerprint density at radius 2 is 1.64 bits per heavy atom. The van der Waals surface area contributed by atoms with Gasteiger partial charge in [-0.15, -0.1) is 11.3 Å². The van der Waals surface area contributed by atoms with Gasteiger partial charge in [0, 0.05) is 23.5 Å². The number of benzene rings is 2. The van der Waals surface area contributed by atoms with E-state index in [0.717, 1.165) is 17.5 Å². The Bertz CT molecular complexity index is 1060. The van der Waals surface area contributed by atoms with Crippen molar-refractivity contribution in [2.75, 3.05) is 6.54 Å². The summed E-state index contributed by atoms with van der Waals surface area (Å²) in [6, 6.07) is 21.8. The molecule has 3 rings (SSSR count). The maximum atomic E-state index is 13.5. The molecule has 33 heavy (non-hydrogen) atoms. The molecule has 5 heteroatoms. The highest BCUT2D eigenvalue weighted by Crippen LogP contribution is 2.20. The average Bonchev–Trinajstić information content (AvgIpc) is 3.25. The van der Waals surface area contributed by atoms with Crippen LogP contribution in [0.25, 0.3) is 6.08 Å². The van der Waals surface area contributed by atoms with E-state index in [9.17, 15) is 9.59 Å². The second kappa shape index (κ2) is 12.2. The number of hydrogen-bond acceptors (Lipinski definition) is 3. The van der Waals surface area contributed by atoms with Gasteiger partial charge in [0.1, 0.15) is 6.54 Å². The maximum absolute atomic E-state index is 13.5. The van der Waals surface area contributed by atoms with E-state index in [0.29, 0.717) is 13.1 Å². The number of amides is 2. The van der Waals surface area contributed by atoms with Crippen molar-refractivity contribution in [3.05, 3.63) is 99.8 Å². The third kappa shape index (κ3) is 7.16. The van der Waals surface area contributed by atoms with Gasteiger partial charge in [0.05, 0.1) is 6.54 Å². The van der Waals surface area contributed by atoms with Crippen LogP contribution in [-0.4, -0.2) is 34.2 Å². The number of thiophene rings is 1. The first-order chi connectivity index (χ1) is 16.0. The smallest absolute Gasteiger partial charge is 0.247 e. The number of aryl methyl sites for hydroxylation is 1. The maximum Gasteiger partial charge on any atom is 0.247 e. The molecule has 1 aromatic heterocycles. The monoisotopic (exact) mass is 460 g/mol. The molecule has 0 radical (unpaired) electrons. The number of nitrogens with zero attached hydrogens (tertiary/aromatic N) is 2. The molecule has 0 aliphatic carbocycles. The van der Waals surface area contributed by atoms with Gasteiger partial charge in [0.15, 0.2) is 0 Å². The molecule has 2 aromatic carbocycles. The van der Waals surface area contributed by atoms with Crippen LogP contribution in [0.1, 0.15) is 41.8 Å². The van der Waals surface area contributed by atoms with Crippen molar-refractivity contribution in [2.45, 2.75) is 46.3 Å². The summed E-state index contributed by atoms with van der Waals surface area (Å²) in [6.45, 7) is 7.21.